The molecule has 7 nitrogen and oxygen atoms in total. The standard InChI is InChI=1S/C20H21FN2O5S/c1-11-2-7-14-15(8-11)29-20(18(14)19(22)26)23-16(24)9-28-17(25)10-27-13-5-3-12(21)4-6-13/h3-6,11H,2,7-10H2,1H3,(H2,22,26)(H,23,24)/t11-/m0/s1. The van der Waals surface area contributed by atoms with Gasteiger partial charge in [-0.05, 0) is 55.0 Å². The van der Waals surface area contributed by atoms with E-state index >= 15 is 0 Å². The second-order valence-electron chi connectivity index (χ2n) is 6.87. The van der Waals surface area contributed by atoms with Gasteiger partial charge >= 0.3 is 5.97 Å². The molecule has 1 atom stereocenters. The Labute approximate surface area is 171 Å². The molecule has 3 N–H and O–H groups in total. The summed E-state index contributed by atoms with van der Waals surface area (Å²) in [7, 11) is 0. The van der Waals surface area contributed by atoms with Gasteiger partial charge in [0.2, 0.25) is 0 Å². The number of amides is 2. The zero-order valence-electron chi connectivity index (χ0n) is 15.8. The van der Waals surface area contributed by atoms with Crippen LogP contribution in [0.2, 0.25) is 0 Å². The highest BCUT2D eigenvalue weighted by Gasteiger charge is 2.27. The first-order chi connectivity index (χ1) is 13.8. The molecule has 0 fully saturated rings. The van der Waals surface area contributed by atoms with Crippen molar-refractivity contribution in [2.75, 3.05) is 18.5 Å². The van der Waals surface area contributed by atoms with E-state index in [1.807, 2.05) is 0 Å². The zero-order chi connectivity index (χ0) is 21.0. The van der Waals surface area contributed by atoms with Gasteiger partial charge in [0, 0.05) is 4.88 Å². The van der Waals surface area contributed by atoms with Gasteiger partial charge in [0.15, 0.2) is 13.2 Å². The first kappa shape index (κ1) is 20.8. The lowest BCUT2D eigenvalue weighted by Crippen LogP contribution is -2.24. The zero-order valence-corrected chi connectivity index (χ0v) is 16.6. The molecule has 0 saturated heterocycles. The fourth-order valence-electron chi connectivity index (χ4n) is 3.12. The highest BCUT2D eigenvalue weighted by molar-refractivity contribution is 7.17. The van der Waals surface area contributed by atoms with E-state index < -0.39 is 36.8 Å². The fraction of sp³-hybridized carbons (Fsp3) is 0.350. The average molecular weight is 420 g/mol. The first-order valence-electron chi connectivity index (χ1n) is 9.11. The maximum absolute atomic E-state index is 12.8. The van der Waals surface area contributed by atoms with E-state index in [0.29, 0.717) is 22.2 Å². The fourth-order valence-corrected chi connectivity index (χ4v) is 4.56. The van der Waals surface area contributed by atoms with Crippen molar-refractivity contribution in [2.24, 2.45) is 11.7 Å². The van der Waals surface area contributed by atoms with Crippen LogP contribution in [0.25, 0.3) is 0 Å². The second kappa shape index (κ2) is 9.04. The summed E-state index contributed by atoms with van der Waals surface area (Å²) in [5.74, 6) is -1.52. The van der Waals surface area contributed by atoms with Gasteiger partial charge in [-0.15, -0.1) is 11.3 Å². The third kappa shape index (κ3) is 5.32. The topological polar surface area (TPSA) is 108 Å². The number of primary amides is 1. The highest BCUT2D eigenvalue weighted by Crippen LogP contribution is 2.39. The lowest BCUT2D eigenvalue weighted by molar-refractivity contribution is -0.149. The Morgan fingerprint density at radius 2 is 1.97 bits per heavy atom. The average Bonchev–Trinajstić information content (AvgIpc) is 3.02. The summed E-state index contributed by atoms with van der Waals surface area (Å²) in [4.78, 5) is 36.8. The maximum atomic E-state index is 12.8. The van der Waals surface area contributed by atoms with E-state index in [4.69, 9.17) is 15.2 Å². The lowest BCUT2D eigenvalue weighted by atomic mass is 9.88. The van der Waals surface area contributed by atoms with Crippen molar-refractivity contribution in [2.45, 2.75) is 26.2 Å². The normalized spacial score (nSPS) is 15.3. The maximum Gasteiger partial charge on any atom is 0.344 e. The summed E-state index contributed by atoms with van der Waals surface area (Å²) in [6.07, 6.45) is 2.55. The van der Waals surface area contributed by atoms with Gasteiger partial charge in [-0.25, -0.2) is 9.18 Å². The molecular weight excluding hydrogens is 399 g/mol. The van der Waals surface area contributed by atoms with E-state index in [1.54, 1.807) is 0 Å². The van der Waals surface area contributed by atoms with Crippen LogP contribution in [0.1, 0.15) is 34.1 Å². The predicted octanol–water partition coefficient (Wildman–Crippen LogP) is 2.67. The molecular formula is C20H21FN2O5S. The lowest BCUT2D eigenvalue weighted by Gasteiger charge is -2.18. The molecule has 0 saturated carbocycles. The number of ether oxygens (including phenoxy) is 2. The number of hydrogen-bond donors (Lipinski definition) is 2. The van der Waals surface area contributed by atoms with Crippen molar-refractivity contribution >= 4 is 34.1 Å². The van der Waals surface area contributed by atoms with Crippen LogP contribution in [-0.2, 0) is 27.2 Å². The molecule has 0 aliphatic heterocycles. The SMILES string of the molecule is C[C@H]1CCc2c(sc(NC(=O)COC(=O)COc3ccc(F)cc3)c2C(N)=O)C1. The first-order valence-corrected chi connectivity index (χ1v) is 9.93. The molecule has 2 amide bonds. The third-order valence-electron chi connectivity index (χ3n) is 4.55. The molecule has 1 aliphatic rings. The number of esters is 1. The van der Waals surface area contributed by atoms with Crippen molar-refractivity contribution in [3.8, 4) is 5.75 Å². The predicted molar refractivity (Wildman–Crippen MR) is 106 cm³/mol. The van der Waals surface area contributed by atoms with E-state index in [0.717, 1.165) is 29.7 Å². The van der Waals surface area contributed by atoms with Crippen molar-refractivity contribution < 1.29 is 28.2 Å². The number of hydrogen-bond acceptors (Lipinski definition) is 6. The monoisotopic (exact) mass is 420 g/mol. The third-order valence-corrected chi connectivity index (χ3v) is 5.72. The number of thiophene rings is 1. The number of nitrogens with two attached hydrogens (primary N) is 1. The molecule has 0 unspecified atom stereocenters. The molecule has 1 aliphatic carbocycles. The molecule has 29 heavy (non-hydrogen) atoms. The van der Waals surface area contributed by atoms with Gasteiger partial charge in [-0.3, -0.25) is 9.59 Å². The van der Waals surface area contributed by atoms with Crippen molar-refractivity contribution in [3.05, 3.63) is 46.1 Å². The molecule has 3 rings (SSSR count). The van der Waals surface area contributed by atoms with Crippen LogP contribution in [0.4, 0.5) is 9.39 Å². The quantitative estimate of drug-likeness (QED) is 0.670. The Balaban J connectivity index is 1.53. The molecule has 9 heteroatoms. The summed E-state index contributed by atoms with van der Waals surface area (Å²) >= 11 is 1.34. The minimum atomic E-state index is -0.751. The van der Waals surface area contributed by atoms with Crippen LogP contribution >= 0.6 is 11.3 Å². The molecule has 1 aromatic heterocycles. The second-order valence-corrected chi connectivity index (χ2v) is 7.98. The summed E-state index contributed by atoms with van der Waals surface area (Å²) in [6, 6.07) is 5.15. The van der Waals surface area contributed by atoms with Gasteiger partial charge in [-0.2, -0.15) is 0 Å². The Morgan fingerprint density at radius 3 is 2.66 bits per heavy atom. The number of carbonyl (C=O) groups excluding carboxylic acids is 3. The Hall–Kier alpha value is -2.94. The van der Waals surface area contributed by atoms with Crippen LogP contribution in [0.3, 0.4) is 0 Å². The van der Waals surface area contributed by atoms with E-state index in [-0.39, 0.29) is 0 Å². The molecule has 0 radical (unpaired) electrons. The number of fused-ring (bicyclic) bond motifs is 1. The van der Waals surface area contributed by atoms with E-state index in [1.165, 1.54) is 35.6 Å². The van der Waals surface area contributed by atoms with Crippen molar-refractivity contribution in [1.29, 1.82) is 0 Å². The van der Waals surface area contributed by atoms with Crippen LogP contribution in [0.5, 0.6) is 5.75 Å². The van der Waals surface area contributed by atoms with Gasteiger partial charge in [0.05, 0.1) is 5.56 Å². The van der Waals surface area contributed by atoms with Crippen LogP contribution in [0.15, 0.2) is 24.3 Å². The molecule has 2 aromatic rings. The Kier molecular flexibility index (Phi) is 6.48. The Bertz CT molecular complexity index is 926. The van der Waals surface area contributed by atoms with Crippen LogP contribution < -0.4 is 15.8 Å². The summed E-state index contributed by atoms with van der Waals surface area (Å²) in [6.45, 7) is 1.19. The van der Waals surface area contributed by atoms with Gasteiger partial charge in [0.1, 0.15) is 16.6 Å². The van der Waals surface area contributed by atoms with Gasteiger partial charge in [0.25, 0.3) is 11.8 Å². The number of carbonyl (C=O) groups is 3. The minimum Gasteiger partial charge on any atom is -0.482 e. The molecule has 0 bridgehead atoms. The van der Waals surface area contributed by atoms with E-state index in [2.05, 4.69) is 12.2 Å². The molecule has 154 valence electrons. The number of benzene rings is 1. The number of rotatable bonds is 7. The van der Waals surface area contributed by atoms with Crippen molar-refractivity contribution in [1.82, 2.24) is 0 Å². The molecule has 0 spiro atoms. The largest absolute Gasteiger partial charge is 0.482 e. The molecule has 1 aromatic carbocycles. The van der Waals surface area contributed by atoms with Gasteiger partial charge < -0.3 is 20.5 Å². The minimum absolute atomic E-state index is 0.303. The number of halogens is 1. The molecule has 1 heterocycles. The van der Waals surface area contributed by atoms with Gasteiger partial charge in [-0.1, -0.05) is 6.92 Å². The summed E-state index contributed by atoms with van der Waals surface area (Å²) in [5, 5.41) is 3.01. The van der Waals surface area contributed by atoms with E-state index in [9.17, 15) is 18.8 Å². The highest BCUT2D eigenvalue weighted by atomic mass is 32.1. The number of nitrogens with one attached hydrogen (secondary N) is 1. The number of anilines is 1. The van der Waals surface area contributed by atoms with Crippen molar-refractivity contribution in [3.63, 3.8) is 0 Å². The van der Waals surface area contributed by atoms with Crippen LogP contribution in [0, 0.1) is 11.7 Å². The Morgan fingerprint density at radius 1 is 1.24 bits per heavy atom. The summed E-state index contributed by atoms with van der Waals surface area (Å²) in [5.41, 5.74) is 6.76. The van der Waals surface area contributed by atoms with Crippen LogP contribution in [-0.4, -0.2) is 31.0 Å². The summed E-state index contributed by atoms with van der Waals surface area (Å²) < 4.78 is 22.9. The smallest absolute Gasteiger partial charge is 0.344 e.